The van der Waals surface area contributed by atoms with Crippen LogP contribution in [-0.4, -0.2) is 49.6 Å². The number of aliphatic hydroxyl groups is 1. The molecule has 0 radical (unpaired) electrons. The van der Waals surface area contributed by atoms with Gasteiger partial charge in [0.1, 0.15) is 0 Å². The molecular weight excluding hydrogens is 339 g/mol. The molecule has 0 spiro atoms. The lowest BCUT2D eigenvalue weighted by atomic mass is 10.2. The Bertz CT molecular complexity index is 651. The number of aliphatic hydroxyl groups excluding tert-OH is 1. The molecule has 1 heterocycles. The van der Waals surface area contributed by atoms with E-state index in [4.69, 9.17) is 23.2 Å². The topological polar surface area (TPSA) is 95.5 Å². The van der Waals surface area contributed by atoms with Crippen LogP contribution in [0.5, 0.6) is 0 Å². The SMILES string of the molecule is O=C(CNC1CS(=O)(=O)CC1O)Nc1cccc(Cl)c1Cl. The van der Waals surface area contributed by atoms with Gasteiger partial charge in [-0.05, 0) is 12.1 Å². The van der Waals surface area contributed by atoms with E-state index in [0.29, 0.717) is 10.7 Å². The van der Waals surface area contributed by atoms with E-state index in [1.165, 1.54) is 0 Å². The number of sulfone groups is 1. The molecule has 21 heavy (non-hydrogen) atoms. The Morgan fingerprint density at radius 3 is 2.67 bits per heavy atom. The van der Waals surface area contributed by atoms with E-state index in [1.54, 1.807) is 18.2 Å². The molecule has 0 saturated carbocycles. The van der Waals surface area contributed by atoms with Crippen LogP contribution in [0, 0.1) is 0 Å². The fourth-order valence-corrected chi connectivity index (χ4v) is 4.17. The van der Waals surface area contributed by atoms with Crippen LogP contribution >= 0.6 is 23.2 Å². The third-order valence-corrected chi connectivity index (χ3v) is 5.61. The molecule has 0 bridgehead atoms. The summed E-state index contributed by atoms with van der Waals surface area (Å²) in [5.74, 6) is -0.873. The van der Waals surface area contributed by atoms with Crippen molar-refractivity contribution in [1.29, 1.82) is 0 Å². The summed E-state index contributed by atoms with van der Waals surface area (Å²) in [6.45, 7) is -0.139. The van der Waals surface area contributed by atoms with Crippen molar-refractivity contribution in [2.75, 3.05) is 23.4 Å². The minimum Gasteiger partial charge on any atom is -0.390 e. The highest BCUT2D eigenvalue weighted by Crippen LogP contribution is 2.29. The first-order valence-electron chi connectivity index (χ1n) is 6.14. The van der Waals surface area contributed by atoms with E-state index < -0.39 is 27.9 Å². The second-order valence-corrected chi connectivity index (χ2v) is 7.72. The molecule has 116 valence electrons. The standard InChI is InChI=1S/C12H14Cl2N2O4S/c13-7-2-1-3-8(12(7)14)16-11(18)4-15-9-5-21(19,20)6-10(9)17/h1-3,9-10,15,17H,4-6H2,(H,16,18). The van der Waals surface area contributed by atoms with Crippen LogP contribution in [0.3, 0.4) is 0 Å². The first-order valence-corrected chi connectivity index (χ1v) is 8.72. The van der Waals surface area contributed by atoms with Crippen LogP contribution < -0.4 is 10.6 Å². The zero-order valence-corrected chi connectivity index (χ0v) is 13.2. The number of rotatable bonds is 4. The molecule has 0 aliphatic carbocycles. The maximum absolute atomic E-state index is 11.8. The van der Waals surface area contributed by atoms with Gasteiger partial charge in [0.2, 0.25) is 5.91 Å². The predicted octanol–water partition coefficient (Wildman–Crippen LogP) is 0.679. The Morgan fingerprint density at radius 1 is 1.33 bits per heavy atom. The lowest BCUT2D eigenvalue weighted by Gasteiger charge is -2.15. The van der Waals surface area contributed by atoms with Crippen LogP contribution in [0.25, 0.3) is 0 Å². The Balaban J connectivity index is 1.90. The third-order valence-electron chi connectivity index (χ3n) is 3.07. The molecule has 1 aliphatic heterocycles. The number of nitrogens with one attached hydrogen (secondary N) is 2. The van der Waals surface area contributed by atoms with Gasteiger partial charge >= 0.3 is 0 Å². The summed E-state index contributed by atoms with van der Waals surface area (Å²) in [6.07, 6.45) is -1.00. The highest BCUT2D eigenvalue weighted by Gasteiger charge is 2.36. The quantitative estimate of drug-likeness (QED) is 0.740. The summed E-state index contributed by atoms with van der Waals surface area (Å²) in [7, 11) is -3.25. The van der Waals surface area contributed by atoms with E-state index in [1.807, 2.05) is 0 Å². The van der Waals surface area contributed by atoms with Crippen LogP contribution in [0.4, 0.5) is 5.69 Å². The summed E-state index contributed by atoms with van der Waals surface area (Å²) in [6, 6.07) is 4.19. The lowest BCUT2D eigenvalue weighted by molar-refractivity contribution is -0.115. The fraction of sp³-hybridized carbons (Fsp3) is 0.417. The largest absolute Gasteiger partial charge is 0.390 e. The maximum Gasteiger partial charge on any atom is 0.238 e. The van der Waals surface area contributed by atoms with Crippen molar-refractivity contribution in [3.05, 3.63) is 28.2 Å². The van der Waals surface area contributed by atoms with E-state index >= 15 is 0 Å². The molecular formula is C12H14Cl2N2O4S. The Kier molecular flexibility index (Phi) is 5.11. The number of benzene rings is 1. The number of amides is 1. The second-order valence-electron chi connectivity index (χ2n) is 4.78. The fourth-order valence-electron chi connectivity index (χ4n) is 2.04. The van der Waals surface area contributed by atoms with E-state index in [0.717, 1.165) is 0 Å². The summed E-state index contributed by atoms with van der Waals surface area (Å²) >= 11 is 11.8. The molecule has 6 nitrogen and oxygen atoms in total. The Hall–Kier alpha value is -0.860. The molecule has 1 amide bonds. The third kappa shape index (κ3) is 4.31. The second kappa shape index (κ2) is 6.50. The molecule has 1 saturated heterocycles. The van der Waals surface area contributed by atoms with Gasteiger partial charge in [-0.3, -0.25) is 4.79 Å². The van der Waals surface area contributed by atoms with Gasteiger partial charge in [-0.15, -0.1) is 0 Å². The number of carbonyl (C=O) groups excluding carboxylic acids is 1. The Morgan fingerprint density at radius 2 is 2.05 bits per heavy atom. The van der Waals surface area contributed by atoms with Gasteiger partial charge in [-0.1, -0.05) is 29.3 Å². The first-order chi connectivity index (χ1) is 9.78. The Labute approximate surface area is 132 Å². The average molecular weight is 353 g/mol. The predicted molar refractivity (Wildman–Crippen MR) is 81.5 cm³/mol. The van der Waals surface area contributed by atoms with Crippen molar-refractivity contribution in [3.8, 4) is 0 Å². The van der Waals surface area contributed by atoms with Crippen LogP contribution in [-0.2, 0) is 14.6 Å². The molecule has 2 atom stereocenters. The molecule has 1 aromatic carbocycles. The highest BCUT2D eigenvalue weighted by atomic mass is 35.5. The smallest absolute Gasteiger partial charge is 0.238 e. The summed E-state index contributed by atoms with van der Waals surface area (Å²) in [5, 5.41) is 15.4. The normalized spacial score (nSPS) is 24.0. The van der Waals surface area contributed by atoms with Gasteiger partial charge in [-0.2, -0.15) is 0 Å². The minimum atomic E-state index is -3.25. The molecule has 9 heteroatoms. The maximum atomic E-state index is 11.8. The van der Waals surface area contributed by atoms with Crippen molar-refractivity contribution in [3.63, 3.8) is 0 Å². The molecule has 3 N–H and O–H groups in total. The molecule has 1 aromatic rings. The monoisotopic (exact) mass is 352 g/mol. The minimum absolute atomic E-state index is 0.139. The highest BCUT2D eigenvalue weighted by molar-refractivity contribution is 7.91. The first kappa shape index (κ1) is 16.5. The van der Waals surface area contributed by atoms with E-state index in [2.05, 4.69) is 10.6 Å². The van der Waals surface area contributed by atoms with E-state index in [-0.39, 0.29) is 23.1 Å². The van der Waals surface area contributed by atoms with Crippen molar-refractivity contribution in [2.45, 2.75) is 12.1 Å². The number of halogens is 2. The van der Waals surface area contributed by atoms with Gasteiger partial charge < -0.3 is 15.7 Å². The van der Waals surface area contributed by atoms with Gasteiger partial charge in [0, 0.05) is 6.04 Å². The van der Waals surface area contributed by atoms with Gasteiger partial charge in [0.25, 0.3) is 0 Å². The van der Waals surface area contributed by atoms with Gasteiger partial charge in [-0.25, -0.2) is 8.42 Å². The molecule has 2 unspecified atom stereocenters. The molecule has 1 fully saturated rings. The van der Waals surface area contributed by atoms with Crippen molar-refractivity contribution in [1.82, 2.24) is 5.32 Å². The van der Waals surface area contributed by atoms with Crippen molar-refractivity contribution in [2.24, 2.45) is 0 Å². The number of hydrogen-bond acceptors (Lipinski definition) is 5. The van der Waals surface area contributed by atoms with Gasteiger partial charge in [0.05, 0.1) is 39.9 Å². The average Bonchev–Trinajstić information content (AvgIpc) is 2.65. The van der Waals surface area contributed by atoms with Crippen LogP contribution in [0.2, 0.25) is 10.0 Å². The summed E-state index contributed by atoms with van der Waals surface area (Å²) in [5.41, 5.74) is 0.371. The van der Waals surface area contributed by atoms with Crippen molar-refractivity contribution >= 4 is 44.6 Å². The number of anilines is 1. The summed E-state index contributed by atoms with van der Waals surface area (Å²) < 4.78 is 22.7. The summed E-state index contributed by atoms with van der Waals surface area (Å²) in [4.78, 5) is 11.8. The zero-order chi connectivity index (χ0) is 15.6. The zero-order valence-electron chi connectivity index (χ0n) is 10.8. The number of carbonyl (C=O) groups is 1. The van der Waals surface area contributed by atoms with E-state index in [9.17, 15) is 18.3 Å². The molecule has 0 aromatic heterocycles. The van der Waals surface area contributed by atoms with Crippen LogP contribution in [0.15, 0.2) is 18.2 Å². The molecule has 2 rings (SSSR count). The van der Waals surface area contributed by atoms with Crippen molar-refractivity contribution < 1.29 is 18.3 Å². The lowest BCUT2D eigenvalue weighted by Crippen LogP contribution is -2.42. The van der Waals surface area contributed by atoms with Crippen LogP contribution in [0.1, 0.15) is 0 Å². The number of hydrogen-bond donors (Lipinski definition) is 3. The van der Waals surface area contributed by atoms with Gasteiger partial charge in [0.15, 0.2) is 9.84 Å². The molecule has 1 aliphatic rings.